The first-order valence-corrected chi connectivity index (χ1v) is 13.4. The van der Waals surface area contributed by atoms with E-state index in [1.54, 1.807) is 25.7 Å². The summed E-state index contributed by atoms with van der Waals surface area (Å²) in [6, 6.07) is 16.8. The molecule has 4 rings (SSSR count). The van der Waals surface area contributed by atoms with Crippen molar-refractivity contribution in [3.8, 4) is 0 Å². The van der Waals surface area contributed by atoms with Crippen LogP contribution in [0.25, 0.3) is 38.7 Å². The Balaban J connectivity index is 0.000000348. The van der Waals surface area contributed by atoms with Gasteiger partial charge in [0.05, 0.1) is 16.7 Å². The third-order valence-corrected chi connectivity index (χ3v) is 5.54. The van der Waals surface area contributed by atoms with E-state index >= 15 is 0 Å². The first kappa shape index (κ1) is 26.5. The van der Waals surface area contributed by atoms with Crippen LogP contribution in [0.2, 0.25) is 0 Å². The number of pyridine rings is 1. The van der Waals surface area contributed by atoms with Gasteiger partial charge in [-0.15, -0.1) is 13.1 Å². The molecule has 1 aromatic heterocycles. The fraction of sp³-hybridized carbons (Fsp3) is 0.417. The number of likely N-dealkylation sites (tertiary alicyclic amines) is 1. The molecule has 32 heavy (non-hydrogen) atoms. The van der Waals surface area contributed by atoms with Gasteiger partial charge in [0.1, 0.15) is 0 Å². The Labute approximate surface area is 206 Å². The van der Waals surface area contributed by atoms with Crippen molar-refractivity contribution in [3.05, 3.63) is 65.4 Å². The number of nitrogens with one attached hydrogen (secondary N) is 3. The molecule has 1 fully saturated rings. The maximum absolute atomic E-state index is 9.68. The number of benzene rings is 2. The van der Waals surface area contributed by atoms with Crippen molar-refractivity contribution in [2.45, 2.75) is 33.2 Å². The Morgan fingerprint density at radius 2 is 1.59 bits per heavy atom. The summed E-state index contributed by atoms with van der Waals surface area (Å²) in [5, 5.41) is 15.7. The molecule has 3 aromatic rings. The van der Waals surface area contributed by atoms with Crippen molar-refractivity contribution in [1.29, 1.82) is 0 Å². The van der Waals surface area contributed by atoms with Gasteiger partial charge in [-0.3, -0.25) is 0 Å². The molecule has 0 saturated carbocycles. The Bertz CT molecular complexity index is 966. The van der Waals surface area contributed by atoms with Gasteiger partial charge in [0.15, 0.2) is 0 Å². The molecule has 1 saturated heterocycles. The summed E-state index contributed by atoms with van der Waals surface area (Å²) < 4.78 is 0. The van der Waals surface area contributed by atoms with Crippen LogP contribution in [0.15, 0.2) is 48.5 Å². The summed E-state index contributed by atoms with van der Waals surface area (Å²) in [6.45, 7) is 8.03. The van der Waals surface area contributed by atoms with Crippen molar-refractivity contribution in [1.82, 2.24) is 9.88 Å². The average molecular weight is 634 g/mol. The van der Waals surface area contributed by atoms with Crippen LogP contribution in [-0.2, 0) is 18.8 Å². The van der Waals surface area contributed by atoms with Crippen LogP contribution in [0.5, 0.6) is 0 Å². The van der Waals surface area contributed by atoms with E-state index in [-0.39, 0.29) is 5.41 Å². The number of hydrogen-bond donors (Lipinski definition) is 1. The van der Waals surface area contributed by atoms with Crippen molar-refractivity contribution >= 4 is 42.7 Å². The van der Waals surface area contributed by atoms with E-state index in [0.717, 1.165) is 47.0 Å². The second kappa shape index (κ2) is 12.5. The molecule has 1 aliphatic rings. The van der Waals surface area contributed by atoms with E-state index in [1.807, 2.05) is 30.9 Å². The van der Waals surface area contributed by atoms with Gasteiger partial charge in [-0.25, -0.2) is 4.98 Å². The minimum absolute atomic E-state index is 0.0833. The van der Waals surface area contributed by atoms with Crippen LogP contribution in [0.4, 0.5) is 5.69 Å². The van der Waals surface area contributed by atoms with E-state index in [2.05, 4.69) is 51.1 Å². The van der Waals surface area contributed by atoms with Gasteiger partial charge in [0.2, 0.25) is 0 Å². The van der Waals surface area contributed by atoms with Gasteiger partial charge >= 0.3 is 28.2 Å². The summed E-state index contributed by atoms with van der Waals surface area (Å²) in [6.07, 6.45) is 1.02. The fourth-order valence-electron chi connectivity index (χ4n) is 3.43. The SMILES string of the molecule is CC(=[N-])N1CC[C@H](Nc2c3ccccc3nc3ccccc23)C1.CC(C)(C[NH-])C[NH-].[Cl][Pt]. The van der Waals surface area contributed by atoms with Crippen LogP contribution >= 0.6 is 9.42 Å². The van der Waals surface area contributed by atoms with Crippen LogP contribution in [0.3, 0.4) is 0 Å². The Kier molecular flexibility index (Phi) is 10.4. The molecule has 0 unspecified atom stereocenters. The summed E-state index contributed by atoms with van der Waals surface area (Å²) >= 11 is 1.61. The second-order valence-electron chi connectivity index (χ2n) is 8.66. The molecule has 0 radical (unpaired) electrons. The first-order valence-electron chi connectivity index (χ1n) is 10.6. The van der Waals surface area contributed by atoms with Gasteiger partial charge in [-0.1, -0.05) is 61.5 Å². The number of aromatic nitrogens is 1. The van der Waals surface area contributed by atoms with Gasteiger partial charge in [-0.05, 0) is 38.6 Å². The zero-order valence-corrected chi connectivity index (χ0v) is 21.8. The number of fused-ring (bicyclic) bond motifs is 2. The van der Waals surface area contributed by atoms with Gasteiger partial charge in [-0.2, -0.15) is 0 Å². The zero-order valence-electron chi connectivity index (χ0n) is 18.8. The molecule has 3 N–H and O–H groups in total. The molecule has 8 heteroatoms. The van der Waals surface area contributed by atoms with E-state index in [0.29, 0.717) is 25.0 Å². The molecule has 2 aromatic carbocycles. The Morgan fingerprint density at radius 3 is 2.00 bits per heavy atom. The molecule has 2 heterocycles. The number of hydrogen-bond acceptors (Lipinski definition) is 2. The summed E-state index contributed by atoms with van der Waals surface area (Å²) in [5.41, 5.74) is 16.9. The zero-order chi connectivity index (χ0) is 23.7. The second-order valence-corrected chi connectivity index (χ2v) is 8.66. The van der Waals surface area contributed by atoms with Crippen LogP contribution in [-0.4, -0.2) is 47.9 Å². The Morgan fingerprint density at radius 1 is 1.09 bits per heavy atom. The predicted molar refractivity (Wildman–Crippen MR) is 135 cm³/mol. The molecule has 0 spiro atoms. The van der Waals surface area contributed by atoms with E-state index in [1.165, 1.54) is 0 Å². The minimum atomic E-state index is -0.0833. The summed E-state index contributed by atoms with van der Waals surface area (Å²) in [4.78, 5) is 6.78. The van der Waals surface area contributed by atoms with Crippen LogP contribution < -0.4 is 5.32 Å². The molecule has 0 amide bonds. The monoisotopic (exact) mass is 633 g/mol. The molecule has 1 atom stereocenters. The first-order chi connectivity index (χ1) is 15.3. The molecular formula is C24H31ClN6Pt-3. The van der Waals surface area contributed by atoms with E-state index < -0.39 is 0 Å². The van der Waals surface area contributed by atoms with Crippen molar-refractivity contribution in [2.24, 2.45) is 5.41 Å². The van der Waals surface area contributed by atoms with Crippen LogP contribution in [0, 0.1) is 5.41 Å². The molecule has 177 valence electrons. The topological polar surface area (TPSA) is 98.1 Å². The molecular weight excluding hydrogens is 603 g/mol. The van der Waals surface area contributed by atoms with E-state index in [9.17, 15) is 5.41 Å². The predicted octanol–water partition coefficient (Wildman–Crippen LogP) is 6.67. The van der Waals surface area contributed by atoms with Crippen molar-refractivity contribution < 1.29 is 18.8 Å². The average Bonchev–Trinajstić information content (AvgIpc) is 3.30. The quantitative estimate of drug-likeness (QED) is 0.197. The molecule has 6 nitrogen and oxygen atoms in total. The third-order valence-electron chi connectivity index (χ3n) is 5.54. The normalized spacial score (nSPS) is 15.6. The van der Waals surface area contributed by atoms with E-state index in [4.69, 9.17) is 16.5 Å². The van der Waals surface area contributed by atoms with Gasteiger partial charge in [0.25, 0.3) is 0 Å². The third kappa shape index (κ3) is 6.89. The standard InChI is InChI=1S/C19H19N4.C5H12N2.ClH.Pt/c1-13(20)23-11-10-14(12-23)21-19-15-6-2-4-8-17(15)22-18-9-5-3-7-16(18)19;1-5(2,3-6)4-7;;/h2-9,14H,10-12H2,1H3,(H,21,22);6-7H,3-4H2,1-2H3;1H;/q-1;-2;;+1/p-1/t14-;;;/m0.../s1. The molecule has 0 bridgehead atoms. The number of amidine groups is 1. The van der Waals surface area contributed by atoms with Gasteiger partial charge < -0.3 is 27.1 Å². The van der Waals surface area contributed by atoms with Gasteiger partial charge in [0, 0.05) is 16.8 Å². The Hall–Kier alpha value is -1.72. The number of anilines is 1. The molecule has 0 aliphatic carbocycles. The summed E-state index contributed by atoms with van der Waals surface area (Å²) in [7, 11) is 4.61. The fourth-order valence-corrected chi connectivity index (χ4v) is 3.43. The maximum atomic E-state index is 9.68. The van der Waals surface area contributed by atoms with Crippen molar-refractivity contribution in [3.63, 3.8) is 0 Å². The van der Waals surface area contributed by atoms with Crippen LogP contribution in [0.1, 0.15) is 27.2 Å². The number of para-hydroxylation sites is 2. The molecule has 1 aliphatic heterocycles. The number of halogens is 1. The van der Waals surface area contributed by atoms with Crippen molar-refractivity contribution in [2.75, 3.05) is 31.5 Å². The summed E-state index contributed by atoms with van der Waals surface area (Å²) in [5.74, 6) is 0.402. The number of rotatable bonds is 4. The number of nitrogens with zero attached hydrogens (tertiary/aromatic N) is 3.